The lowest BCUT2D eigenvalue weighted by Crippen LogP contribution is -2.30. The molecule has 1 N–H and O–H groups in total. The maximum absolute atomic E-state index is 13.2. The normalized spacial score (nSPS) is 18.4. The van der Waals surface area contributed by atoms with Crippen molar-refractivity contribution in [2.24, 2.45) is 0 Å². The van der Waals surface area contributed by atoms with E-state index in [4.69, 9.17) is 16.1 Å². The van der Waals surface area contributed by atoms with Gasteiger partial charge in [-0.1, -0.05) is 83.8 Å². The molecule has 1 unspecified atom stereocenters. The summed E-state index contributed by atoms with van der Waals surface area (Å²) in [6.45, 7) is 5.85. The minimum Gasteiger partial charge on any atom is -0.507 e. The monoisotopic (exact) mass is 514 g/mol. The highest BCUT2D eigenvalue weighted by molar-refractivity contribution is 9.10. The van der Waals surface area contributed by atoms with Crippen LogP contribution >= 0.6 is 27.5 Å². The molecular weight excluding hydrogens is 496 g/mol. The fraction of sp³-hybridized carbons (Fsp3) is 0.208. The molecule has 4 rings (SSSR count). The van der Waals surface area contributed by atoms with Crippen LogP contribution < -0.4 is 4.90 Å². The summed E-state index contributed by atoms with van der Waals surface area (Å²) in [7, 11) is 0. The first-order valence-corrected chi connectivity index (χ1v) is 11.0. The first kappa shape index (κ1) is 22.3. The molecule has 0 spiro atoms. The second-order valence-corrected chi connectivity index (χ2v) is 9.82. The van der Waals surface area contributed by atoms with E-state index >= 15 is 0 Å². The van der Waals surface area contributed by atoms with E-state index in [1.165, 1.54) is 4.90 Å². The van der Waals surface area contributed by atoms with Crippen molar-refractivity contribution in [3.8, 4) is 0 Å². The lowest BCUT2D eigenvalue weighted by molar-refractivity contribution is -0.132. The molecule has 0 aliphatic carbocycles. The molecular formula is C24H20BrClN2O4. The maximum atomic E-state index is 13.2. The van der Waals surface area contributed by atoms with Crippen LogP contribution in [0.25, 0.3) is 5.76 Å². The number of aliphatic hydroxyl groups is 1. The number of rotatable bonds is 3. The third-order valence-electron chi connectivity index (χ3n) is 5.25. The zero-order valence-electron chi connectivity index (χ0n) is 17.6. The molecule has 1 aliphatic heterocycles. The number of benzene rings is 2. The van der Waals surface area contributed by atoms with Gasteiger partial charge in [-0.2, -0.15) is 0 Å². The SMILES string of the molecule is CC(C)(C)c1cc(N2C(=O)C(=O)C(=C(O)c3ccc(Br)cc3)C2c2ccccc2Cl)no1. The predicted molar refractivity (Wildman–Crippen MR) is 126 cm³/mol. The van der Waals surface area contributed by atoms with E-state index in [9.17, 15) is 14.7 Å². The van der Waals surface area contributed by atoms with Crippen LogP contribution in [0.5, 0.6) is 0 Å². The molecule has 8 heteroatoms. The summed E-state index contributed by atoms with van der Waals surface area (Å²) >= 11 is 9.82. The molecule has 1 aromatic heterocycles. The number of hydrogen-bond donors (Lipinski definition) is 1. The van der Waals surface area contributed by atoms with Crippen LogP contribution in [0.4, 0.5) is 5.82 Å². The summed E-state index contributed by atoms with van der Waals surface area (Å²) in [5.74, 6) is -1.20. The Morgan fingerprint density at radius 2 is 1.78 bits per heavy atom. The van der Waals surface area contributed by atoms with Crippen LogP contribution in [0.2, 0.25) is 5.02 Å². The first-order valence-electron chi connectivity index (χ1n) is 9.88. The number of nitrogens with zero attached hydrogens (tertiary/aromatic N) is 2. The molecule has 2 aromatic carbocycles. The molecule has 1 amide bonds. The smallest absolute Gasteiger partial charge is 0.301 e. The molecule has 0 bridgehead atoms. The van der Waals surface area contributed by atoms with E-state index in [-0.39, 0.29) is 22.6 Å². The van der Waals surface area contributed by atoms with E-state index in [0.717, 1.165) is 4.47 Å². The highest BCUT2D eigenvalue weighted by Crippen LogP contribution is 2.44. The van der Waals surface area contributed by atoms with E-state index in [1.54, 1.807) is 54.6 Å². The van der Waals surface area contributed by atoms with Gasteiger partial charge < -0.3 is 9.63 Å². The van der Waals surface area contributed by atoms with Crippen molar-refractivity contribution in [1.29, 1.82) is 0 Å². The number of carbonyl (C=O) groups excluding carboxylic acids is 2. The van der Waals surface area contributed by atoms with Crippen molar-refractivity contribution in [1.82, 2.24) is 5.16 Å². The third-order valence-corrected chi connectivity index (χ3v) is 6.12. The molecule has 3 aromatic rings. The Hall–Kier alpha value is -2.90. The van der Waals surface area contributed by atoms with E-state index in [2.05, 4.69) is 21.1 Å². The number of aromatic nitrogens is 1. The third kappa shape index (κ3) is 3.87. The Balaban J connectivity index is 1.94. The topological polar surface area (TPSA) is 83.6 Å². The lowest BCUT2D eigenvalue weighted by atomic mass is 9.93. The number of anilines is 1. The van der Waals surface area contributed by atoms with Gasteiger partial charge in [0, 0.05) is 26.5 Å². The average molecular weight is 516 g/mol. The van der Waals surface area contributed by atoms with Gasteiger partial charge in [-0.15, -0.1) is 0 Å². The summed E-state index contributed by atoms with van der Waals surface area (Å²) in [5, 5.41) is 15.5. The molecule has 32 heavy (non-hydrogen) atoms. The van der Waals surface area contributed by atoms with Crippen molar-refractivity contribution < 1.29 is 19.2 Å². The fourth-order valence-corrected chi connectivity index (χ4v) is 4.06. The number of carbonyl (C=O) groups is 2. The maximum Gasteiger partial charge on any atom is 0.301 e. The fourth-order valence-electron chi connectivity index (χ4n) is 3.56. The quantitative estimate of drug-likeness (QED) is 0.262. The number of hydrogen-bond acceptors (Lipinski definition) is 5. The second-order valence-electron chi connectivity index (χ2n) is 8.50. The van der Waals surface area contributed by atoms with Crippen molar-refractivity contribution in [3.63, 3.8) is 0 Å². The van der Waals surface area contributed by atoms with Crippen molar-refractivity contribution in [3.05, 3.63) is 86.6 Å². The largest absolute Gasteiger partial charge is 0.507 e. The highest BCUT2D eigenvalue weighted by Gasteiger charge is 2.49. The number of aliphatic hydroxyl groups excluding tert-OH is 1. The van der Waals surface area contributed by atoms with Crippen molar-refractivity contribution in [2.75, 3.05) is 4.90 Å². The van der Waals surface area contributed by atoms with E-state index in [0.29, 0.717) is 21.9 Å². The molecule has 0 radical (unpaired) electrons. The Bertz CT molecular complexity index is 1240. The number of ketones is 1. The first-order chi connectivity index (χ1) is 15.1. The van der Waals surface area contributed by atoms with Gasteiger partial charge in [0.05, 0.1) is 11.6 Å². The summed E-state index contributed by atoms with van der Waals surface area (Å²) in [6.07, 6.45) is 0. The van der Waals surface area contributed by atoms with E-state index in [1.807, 2.05) is 20.8 Å². The van der Waals surface area contributed by atoms with Crippen LogP contribution in [-0.2, 0) is 15.0 Å². The molecule has 164 valence electrons. The molecule has 6 nitrogen and oxygen atoms in total. The Morgan fingerprint density at radius 3 is 2.38 bits per heavy atom. The highest BCUT2D eigenvalue weighted by atomic mass is 79.9. The Morgan fingerprint density at radius 1 is 1.12 bits per heavy atom. The number of Topliss-reactive ketones (excluding diaryl/α,β-unsaturated/α-hetero) is 1. The minimum atomic E-state index is -0.967. The lowest BCUT2D eigenvalue weighted by Gasteiger charge is -2.23. The number of amides is 1. The summed E-state index contributed by atoms with van der Waals surface area (Å²) < 4.78 is 6.28. The molecule has 0 saturated carbocycles. The van der Waals surface area contributed by atoms with Gasteiger partial charge >= 0.3 is 5.91 Å². The zero-order chi connectivity index (χ0) is 23.2. The van der Waals surface area contributed by atoms with Gasteiger partial charge in [0.2, 0.25) is 0 Å². The van der Waals surface area contributed by atoms with Crippen molar-refractivity contribution in [2.45, 2.75) is 32.2 Å². The zero-order valence-corrected chi connectivity index (χ0v) is 19.9. The van der Waals surface area contributed by atoms with Crippen LogP contribution in [-0.4, -0.2) is 22.0 Å². The Kier molecular flexibility index (Phi) is 5.73. The predicted octanol–water partition coefficient (Wildman–Crippen LogP) is 6.01. The summed E-state index contributed by atoms with van der Waals surface area (Å²) in [4.78, 5) is 27.5. The second kappa shape index (κ2) is 8.22. The van der Waals surface area contributed by atoms with Gasteiger partial charge in [-0.25, -0.2) is 0 Å². The van der Waals surface area contributed by atoms with Gasteiger partial charge in [0.25, 0.3) is 5.78 Å². The summed E-state index contributed by atoms with van der Waals surface area (Å²) in [5.41, 5.74) is 0.479. The van der Waals surface area contributed by atoms with Gasteiger partial charge in [-0.3, -0.25) is 14.5 Å². The van der Waals surface area contributed by atoms with Gasteiger partial charge in [-0.05, 0) is 23.8 Å². The van der Waals surface area contributed by atoms with E-state index < -0.39 is 17.7 Å². The standard InChI is InChI=1S/C24H20BrClN2O4/c1-24(2,3)17-12-18(27-32-17)28-20(15-6-4-5-7-16(15)26)19(22(30)23(28)31)21(29)13-8-10-14(25)11-9-13/h4-12,20,29H,1-3H3. The van der Waals surface area contributed by atoms with Crippen LogP contribution in [0.1, 0.15) is 43.7 Å². The van der Waals surface area contributed by atoms with Gasteiger partial charge in [0.15, 0.2) is 5.82 Å². The Labute approximate surface area is 198 Å². The molecule has 1 fully saturated rings. The minimum absolute atomic E-state index is 0.0641. The van der Waals surface area contributed by atoms with Crippen LogP contribution in [0.3, 0.4) is 0 Å². The van der Waals surface area contributed by atoms with Crippen molar-refractivity contribution >= 4 is 50.8 Å². The van der Waals surface area contributed by atoms with Gasteiger partial charge in [0.1, 0.15) is 11.5 Å². The summed E-state index contributed by atoms with van der Waals surface area (Å²) in [6, 6.07) is 14.3. The molecule has 1 aliphatic rings. The average Bonchev–Trinajstić information content (AvgIpc) is 3.32. The molecule has 1 atom stereocenters. The number of halogens is 2. The van der Waals surface area contributed by atoms with Crippen LogP contribution in [0, 0.1) is 0 Å². The van der Waals surface area contributed by atoms with Crippen LogP contribution in [0.15, 0.2) is 69.2 Å². The molecule has 1 saturated heterocycles. The molecule has 2 heterocycles.